The van der Waals surface area contributed by atoms with Gasteiger partial charge in [0.1, 0.15) is 5.60 Å². The Kier molecular flexibility index (Phi) is 26.4. The molecule has 7 N–H and O–H groups in total. The summed E-state index contributed by atoms with van der Waals surface area (Å²) < 4.78 is 32.5. The van der Waals surface area contributed by atoms with Crippen molar-refractivity contribution in [3.05, 3.63) is 239 Å². The Balaban J connectivity index is 0.000000150. The second kappa shape index (κ2) is 34.5. The van der Waals surface area contributed by atoms with Crippen LogP contribution in [-0.2, 0) is 79.6 Å². The molecule has 3 aliphatic heterocycles. The molecule has 4 aliphatic carbocycles. The lowest BCUT2D eigenvalue weighted by atomic mass is 9.69. The number of carbonyl (C=O) groups is 6. The van der Waals surface area contributed by atoms with E-state index in [2.05, 4.69) is 6.08 Å². The Labute approximate surface area is 566 Å². The first kappa shape index (κ1) is 74.1. The molecule has 0 radical (unpaired) electrons. The molecule has 3 heterocycles. The number of aliphatic hydroxyl groups excluding tert-OH is 1. The van der Waals surface area contributed by atoms with Gasteiger partial charge < -0.3 is 64.2 Å². The average Bonchev–Trinajstić information content (AvgIpc) is 1.64. The molecule has 0 amide bonds. The first-order chi connectivity index (χ1) is 46.6. The number of aliphatic hydroxyl groups is 4. The van der Waals surface area contributed by atoms with E-state index in [9.17, 15) is 54.3 Å². The molecule has 19 nitrogen and oxygen atoms in total. The normalized spacial score (nSPS) is 24.9. The molecule has 3 saturated heterocycles. The van der Waals surface area contributed by atoms with E-state index >= 15 is 0 Å². The predicted octanol–water partition coefficient (Wildman–Crippen LogP) is 13.2. The molecule has 6 aromatic rings. The number of carbonyl (C=O) groups excluding carboxylic acids is 3. The minimum atomic E-state index is -1.86. The van der Waals surface area contributed by atoms with Gasteiger partial charge >= 0.3 is 35.8 Å². The molecule has 0 aromatic heterocycles. The number of cyclic esters (lactones) is 3. The number of hydrogen-bond acceptors (Lipinski definition) is 16. The summed E-state index contributed by atoms with van der Waals surface area (Å²) in [6.45, 7) is 5.17. The van der Waals surface area contributed by atoms with E-state index in [0.717, 1.165) is 107 Å². The molecule has 13 rings (SSSR count). The maximum atomic E-state index is 12.5. The third-order valence-corrected chi connectivity index (χ3v) is 18.5. The van der Waals surface area contributed by atoms with Gasteiger partial charge in [-0.05, 0) is 142 Å². The Hall–Kier alpha value is -8.66. The van der Waals surface area contributed by atoms with Crippen molar-refractivity contribution in [1.82, 2.24) is 0 Å². The van der Waals surface area contributed by atoms with Crippen LogP contribution in [0, 0.1) is 5.92 Å². The minimum absolute atomic E-state index is 0.170. The molecule has 3 unspecified atom stereocenters. The molecule has 97 heavy (non-hydrogen) atoms. The standard InChI is InChI=1S/C16H20O4.C16H18O3.C14H18O3.C14H16O3.C10H10O3.C8H8O3/c1-12-19-14(17)16(20-12,13-8-4-2-5-9-13)15(18)10-6-3-7-11-15;1-12-18-15(17)16(19-12,13-8-4-2-5-9-13)14-10-6-3-7-11-14;2*15-13(16)14(17,11-7-3-1-4-8-11)12-9-5-2-6-10-12;1-7-12-9(10(11)13-7)8-5-3-2-4-6-8;9-7(8(10)11)6-4-2-1-3-5-6/h2,4-5,8-9,12,18H,3,6-7,10-11H2,1H3;2,4-5,8-10,12H,3,6-7,11H2,1H3;1,3-4,7-8,12,17H,2,5-6,9-10H2,(H,15,16);1,3-4,7-9,17H,2,5-6,10H2,(H,15,16);2-7,9H,1H3;1-5,7,9H,(H,10,11)/t2*12?,16-;2*14-;7?,9-;7-/m011100/s1. The minimum Gasteiger partial charge on any atom is -0.479 e. The van der Waals surface area contributed by atoms with Crippen LogP contribution in [0.3, 0.4) is 0 Å². The second-order valence-electron chi connectivity index (χ2n) is 25.1. The third-order valence-electron chi connectivity index (χ3n) is 18.5. The lowest BCUT2D eigenvalue weighted by Gasteiger charge is -2.43. The zero-order chi connectivity index (χ0) is 69.6. The van der Waals surface area contributed by atoms with Crippen LogP contribution in [0.5, 0.6) is 0 Å². The van der Waals surface area contributed by atoms with Crippen molar-refractivity contribution in [2.75, 3.05) is 0 Å². The summed E-state index contributed by atoms with van der Waals surface area (Å²) in [4.78, 5) is 69.3. The highest BCUT2D eigenvalue weighted by atomic mass is 16.8. The van der Waals surface area contributed by atoms with Crippen molar-refractivity contribution < 1.29 is 92.9 Å². The van der Waals surface area contributed by atoms with E-state index < -0.39 is 83.0 Å². The molecule has 7 aliphatic rings. The molecule has 5 fully saturated rings. The molecular weight excluding hydrogens is 1240 g/mol. The second-order valence-corrected chi connectivity index (χ2v) is 25.1. The first-order valence-corrected chi connectivity index (χ1v) is 33.5. The summed E-state index contributed by atoms with van der Waals surface area (Å²) in [5.41, 5.74) is -1.76. The maximum Gasteiger partial charge on any atom is 0.349 e. The van der Waals surface area contributed by atoms with Crippen molar-refractivity contribution in [3.8, 4) is 0 Å². The van der Waals surface area contributed by atoms with Crippen LogP contribution in [0.25, 0.3) is 0 Å². The number of allylic oxidation sites excluding steroid dienone is 2. The summed E-state index contributed by atoms with van der Waals surface area (Å²) in [5.74, 6) is -4.78. The van der Waals surface area contributed by atoms with Gasteiger partial charge in [-0.3, -0.25) is 0 Å². The van der Waals surface area contributed by atoms with Gasteiger partial charge in [0.2, 0.25) is 35.7 Å². The van der Waals surface area contributed by atoms with Crippen LogP contribution >= 0.6 is 0 Å². The zero-order valence-electron chi connectivity index (χ0n) is 55.2. The first-order valence-electron chi connectivity index (χ1n) is 33.5. The van der Waals surface area contributed by atoms with Gasteiger partial charge in [0.15, 0.2) is 17.8 Å². The van der Waals surface area contributed by atoms with Crippen LogP contribution in [0.2, 0.25) is 0 Å². The van der Waals surface area contributed by atoms with Crippen molar-refractivity contribution >= 4 is 35.8 Å². The lowest BCUT2D eigenvalue weighted by molar-refractivity contribution is -0.197. The molecule has 19 heteroatoms. The largest absolute Gasteiger partial charge is 0.479 e. The van der Waals surface area contributed by atoms with E-state index in [4.69, 9.17) is 38.6 Å². The Morgan fingerprint density at radius 2 is 0.990 bits per heavy atom. The van der Waals surface area contributed by atoms with Crippen molar-refractivity contribution in [1.29, 1.82) is 0 Å². The van der Waals surface area contributed by atoms with Gasteiger partial charge in [-0.1, -0.05) is 233 Å². The molecule has 516 valence electrons. The zero-order valence-corrected chi connectivity index (χ0v) is 55.2. The fraction of sp³-hybridized carbons (Fsp3) is 0.410. The number of carboxylic acids is 3. The molecule has 0 bridgehead atoms. The van der Waals surface area contributed by atoms with Crippen molar-refractivity contribution in [2.45, 2.75) is 195 Å². The molecule has 0 spiro atoms. The summed E-state index contributed by atoms with van der Waals surface area (Å²) in [7, 11) is 0. The Morgan fingerprint density at radius 3 is 1.44 bits per heavy atom. The van der Waals surface area contributed by atoms with Gasteiger partial charge in [0, 0.05) is 5.92 Å². The van der Waals surface area contributed by atoms with Gasteiger partial charge in [-0.15, -0.1) is 0 Å². The highest BCUT2D eigenvalue weighted by Crippen LogP contribution is 2.50. The fourth-order valence-electron chi connectivity index (χ4n) is 13.6. The summed E-state index contributed by atoms with van der Waals surface area (Å²) in [6, 6.07) is 53.9. The highest BCUT2D eigenvalue weighted by molar-refractivity contribution is 5.87. The van der Waals surface area contributed by atoms with Gasteiger partial charge in [0.25, 0.3) is 0 Å². The van der Waals surface area contributed by atoms with Crippen molar-refractivity contribution in [2.24, 2.45) is 5.92 Å². The molecular formula is C78H90O19. The average molecular weight is 1330 g/mol. The molecule has 2 saturated carbocycles. The topological polar surface area (TPSA) is 299 Å². The van der Waals surface area contributed by atoms with Gasteiger partial charge in [-0.2, -0.15) is 0 Å². The number of hydrogen-bond donors (Lipinski definition) is 7. The summed E-state index contributed by atoms with van der Waals surface area (Å²) in [6.07, 6.45) is 16.9. The van der Waals surface area contributed by atoms with E-state index in [1.807, 2.05) is 103 Å². The number of benzene rings is 6. The number of ether oxygens (including phenoxy) is 6. The third kappa shape index (κ3) is 17.6. The van der Waals surface area contributed by atoms with Crippen LogP contribution in [0.4, 0.5) is 0 Å². The lowest BCUT2D eigenvalue weighted by Crippen LogP contribution is -2.56. The van der Waals surface area contributed by atoms with Gasteiger partial charge in [-0.25, -0.2) is 28.8 Å². The SMILES string of the molecule is CC1OC(=O)[C@@](c2ccccc2)(C2(O)CCCCC2)O1.CC1OC(=O)[C@H](c2ccccc2)O1.CC1OC(=O)[C@](C2=CCCCC2)(c2ccccc2)O1.O=C(O)[C@@H](O)c1ccccc1.O=C(O)[C@@](O)(c1ccccc1)C1CCCCC1.O=C(O)[C@](O)(C1=CCCCC1)c1ccccc1. The number of carboxylic acid groups (broad SMARTS) is 3. The summed E-state index contributed by atoms with van der Waals surface area (Å²) in [5, 5.41) is 68.4. The Bertz CT molecular complexity index is 3580. The van der Waals surface area contributed by atoms with Crippen molar-refractivity contribution in [3.63, 3.8) is 0 Å². The smallest absolute Gasteiger partial charge is 0.349 e. The quantitative estimate of drug-likeness (QED) is 0.0321. The van der Waals surface area contributed by atoms with E-state index in [-0.39, 0.29) is 17.9 Å². The van der Waals surface area contributed by atoms with Crippen LogP contribution in [-0.4, -0.2) is 96.0 Å². The van der Waals surface area contributed by atoms with E-state index in [0.29, 0.717) is 47.1 Å². The van der Waals surface area contributed by atoms with Crippen LogP contribution in [0.15, 0.2) is 205 Å². The number of aliphatic carboxylic acids is 3. The monoisotopic (exact) mass is 1330 g/mol. The summed E-state index contributed by atoms with van der Waals surface area (Å²) >= 11 is 0. The maximum absolute atomic E-state index is 12.5. The Morgan fingerprint density at radius 1 is 0.505 bits per heavy atom. The predicted molar refractivity (Wildman–Crippen MR) is 358 cm³/mol. The molecule has 6 aromatic carbocycles. The van der Waals surface area contributed by atoms with Gasteiger partial charge in [0.05, 0.1) is 0 Å². The van der Waals surface area contributed by atoms with E-state index in [1.165, 1.54) is 6.42 Å². The molecule has 9 atom stereocenters. The number of rotatable bonds is 13. The van der Waals surface area contributed by atoms with Crippen LogP contribution < -0.4 is 0 Å². The van der Waals surface area contributed by atoms with Crippen LogP contribution in [0.1, 0.15) is 182 Å². The fourth-order valence-corrected chi connectivity index (χ4v) is 13.6. The van der Waals surface area contributed by atoms with E-state index in [1.54, 1.807) is 106 Å². The number of esters is 3. The highest BCUT2D eigenvalue weighted by Gasteiger charge is 2.64.